The van der Waals surface area contributed by atoms with Crippen molar-refractivity contribution in [2.24, 2.45) is 0 Å². The fourth-order valence-electron chi connectivity index (χ4n) is 1.68. The van der Waals surface area contributed by atoms with Crippen LogP contribution in [0.2, 0.25) is 10.0 Å². The Balaban J connectivity index is 2.34. The van der Waals surface area contributed by atoms with Crippen molar-refractivity contribution in [1.82, 2.24) is 10.2 Å². The van der Waals surface area contributed by atoms with Crippen LogP contribution in [0.4, 0.5) is 4.79 Å². The molecule has 0 aliphatic rings. The van der Waals surface area contributed by atoms with Crippen LogP contribution < -0.4 is 5.32 Å². The number of nitrogens with one attached hydrogen (secondary N) is 1. The Morgan fingerprint density at radius 2 is 1.91 bits per heavy atom. The monoisotopic (exact) mass is 344 g/mol. The van der Waals surface area contributed by atoms with Gasteiger partial charge in [0.05, 0.1) is 7.11 Å². The maximum atomic E-state index is 11.7. The van der Waals surface area contributed by atoms with Crippen LogP contribution in [-0.4, -0.2) is 44.1 Å². The molecule has 1 N–H and O–H groups in total. The first kappa shape index (κ1) is 18.3. The molecular weight excluding hydrogens is 327 g/mol. The Bertz CT molecular complexity index is 541. The minimum atomic E-state index is -0.399. The van der Waals surface area contributed by atoms with Gasteiger partial charge in [0, 0.05) is 36.3 Å². The molecule has 2 amide bonds. The number of methoxy groups -OCH3 is 1. The van der Waals surface area contributed by atoms with Crippen molar-refractivity contribution in [2.45, 2.75) is 6.42 Å². The highest BCUT2D eigenvalue weighted by Crippen LogP contribution is 2.19. The molecule has 0 aliphatic heterocycles. The van der Waals surface area contributed by atoms with Gasteiger partial charge < -0.3 is 15.0 Å². The Morgan fingerprint density at radius 3 is 2.50 bits per heavy atom. The lowest BCUT2D eigenvalue weighted by Crippen LogP contribution is -2.30. The van der Waals surface area contributed by atoms with Gasteiger partial charge in [-0.2, -0.15) is 0 Å². The average molecular weight is 345 g/mol. The van der Waals surface area contributed by atoms with Crippen LogP contribution in [0.3, 0.4) is 0 Å². The summed E-state index contributed by atoms with van der Waals surface area (Å²) in [6.45, 7) is 0.960. The van der Waals surface area contributed by atoms with E-state index in [1.165, 1.54) is 18.1 Å². The summed E-state index contributed by atoms with van der Waals surface area (Å²) in [4.78, 5) is 24.2. The highest BCUT2D eigenvalue weighted by Gasteiger charge is 2.06. The highest BCUT2D eigenvalue weighted by atomic mass is 35.5. The lowest BCUT2D eigenvalue weighted by atomic mass is 10.2. The molecule has 0 radical (unpaired) electrons. The number of hydrogen-bond donors (Lipinski definition) is 1. The van der Waals surface area contributed by atoms with Gasteiger partial charge in [0.25, 0.3) is 0 Å². The molecule has 1 aromatic rings. The zero-order chi connectivity index (χ0) is 16.5. The van der Waals surface area contributed by atoms with Gasteiger partial charge in [-0.25, -0.2) is 4.79 Å². The van der Waals surface area contributed by atoms with Crippen LogP contribution in [0.25, 0.3) is 6.08 Å². The van der Waals surface area contributed by atoms with E-state index in [2.05, 4.69) is 10.1 Å². The summed E-state index contributed by atoms with van der Waals surface area (Å²) in [7, 11) is 2.96. The molecule has 7 heteroatoms. The zero-order valence-electron chi connectivity index (χ0n) is 12.4. The zero-order valence-corrected chi connectivity index (χ0v) is 13.9. The first-order chi connectivity index (χ1) is 10.4. The van der Waals surface area contributed by atoms with E-state index < -0.39 is 6.09 Å². The second-order valence-corrected chi connectivity index (χ2v) is 5.45. The predicted octanol–water partition coefficient (Wildman–Crippen LogP) is 3.21. The standard InChI is InChI=1S/C15H18Cl2N2O3/c1-19(15(21)22-2)7-3-6-18-14(20)5-4-11-8-12(16)10-13(17)9-11/h4-5,8-10H,3,6-7H2,1-2H3,(H,18,20). The van der Waals surface area contributed by atoms with E-state index in [-0.39, 0.29) is 5.91 Å². The summed E-state index contributed by atoms with van der Waals surface area (Å²) >= 11 is 11.7. The van der Waals surface area contributed by atoms with Crippen LogP contribution in [0.5, 0.6) is 0 Å². The lowest BCUT2D eigenvalue weighted by molar-refractivity contribution is -0.116. The Labute approximate surface area is 139 Å². The van der Waals surface area contributed by atoms with Crippen molar-refractivity contribution < 1.29 is 14.3 Å². The summed E-state index contributed by atoms with van der Waals surface area (Å²) in [5, 5.41) is 3.75. The molecule has 0 aliphatic carbocycles. The molecule has 5 nitrogen and oxygen atoms in total. The van der Waals surface area contributed by atoms with Crippen molar-refractivity contribution in [2.75, 3.05) is 27.2 Å². The third-order valence-electron chi connectivity index (χ3n) is 2.77. The van der Waals surface area contributed by atoms with Gasteiger partial charge in [-0.15, -0.1) is 0 Å². The SMILES string of the molecule is COC(=O)N(C)CCCNC(=O)C=Cc1cc(Cl)cc(Cl)c1. The van der Waals surface area contributed by atoms with Crippen LogP contribution in [0.1, 0.15) is 12.0 Å². The van der Waals surface area contributed by atoms with E-state index in [1.54, 1.807) is 31.3 Å². The van der Waals surface area contributed by atoms with Crippen LogP contribution in [-0.2, 0) is 9.53 Å². The third kappa shape index (κ3) is 6.83. The Morgan fingerprint density at radius 1 is 1.27 bits per heavy atom. The molecule has 120 valence electrons. The van der Waals surface area contributed by atoms with E-state index in [4.69, 9.17) is 23.2 Å². The number of rotatable bonds is 6. The van der Waals surface area contributed by atoms with Gasteiger partial charge in [0.2, 0.25) is 5.91 Å². The topological polar surface area (TPSA) is 58.6 Å². The van der Waals surface area contributed by atoms with Gasteiger partial charge >= 0.3 is 6.09 Å². The summed E-state index contributed by atoms with van der Waals surface area (Å²) in [6.07, 6.45) is 3.28. The van der Waals surface area contributed by atoms with E-state index in [9.17, 15) is 9.59 Å². The largest absolute Gasteiger partial charge is 0.453 e. The van der Waals surface area contributed by atoms with Crippen LogP contribution in [0, 0.1) is 0 Å². The highest BCUT2D eigenvalue weighted by molar-refractivity contribution is 6.34. The first-order valence-electron chi connectivity index (χ1n) is 6.63. The Kier molecular flexibility index (Phi) is 7.77. The molecular formula is C15H18Cl2N2O3. The van der Waals surface area contributed by atoms with Gasteiger partial charge in [0.1, 0.15) is 0 Å². The smallest absolute Gasteiger partial charge is 0.409 e. The maximum Gasteiger partial charge on any atom is 0.409 e. The number of benzene rings is 1. The van der Waals surface area contributed by atoms with Gasteiger partial charge in [-0.3, -0.25) is 4.79 Å². The van der Waals surface area contributed by atoms with Crippen molar-refractivity contribution in [3.63, 3.8) is 0 Å². The Hall–Kier alpha value is -1.72. The molecule has 1 rings (SSSR count). The molecule has 0 saturated carbocycles. The molecule has 0 spiro atoms. The van der Waals surface area contributed by atoms with Crippen LogP contribution in [0.15, 0.2) is 24.3 Å². The summed E-state index contributed by atoms with van der Waals surface area (Å²) in [5.74, 6) is -0.225. The molecule has 22 heavy (non-hydrogen) atoms. The van der Waals surface area contributed by atoms with Crippen molar-refractivity contribution in [3.05, 3.63) is 39.9 Å². The normalized spacial score (nSPS) is 10.5. The number of carbonyl (C=O) groups excluding carboxylic acids is 2. The molecule has 0 saturated heterocycles. The molecule has 0 unspecified atom stereocenters. The summed E-state index contributed by atoms with van der Waals surface area (Å²) < 4.78 is 4.56. The first-order valence-corrected chi connectivity index (χ1v) is 7.39. The summed E-state index contributed by atoms with van der Waals surface area (Å²) in [6, 6.07) is 5.05. The van der Waals surface area contributed by atoms with E-state index in [1.807, 2.05) is 0 Å². The average Bonchev–Trinajstić information content (AvgIpc) is 2.47. The minimum Gasteiger partial charge on any atom is -0.453 e. The van der Waals surface area contributed by atoms with Gasteiger partial charge in [-0.1, -0.05) is 23.2 Å². The number of amides is 2. The fourth-order valence-corrected chi connectivity index (χ4v) is 2.22. The molecule has 1 aromatic carbocycles. The van der Waals surface area contributed by atoms with E-state index in [0.29, 0.717) is 29.6 Å². The van der Waals surface area contributed by atoms with Gasteiger partial charge in [0.15, 0.2) is 0 Å². The fraction of sp³-hybridized carbons (Fsp3) is 0.333. The summed E-state index contributed by atoms with van der Waals surface area (Å²) in [5.41, 5.74) is 0.748. The van der Waals surface area contributed by atoms with Crippen molar-refractivity contribution in [3.8, 4) is 0 Å². The second kappa shape index (κ2) is 9.33. The van der Waals surface area contributed by atoms with E-state index >= 15 is 0 Å². The molecule has 0 fully saturated rings. The quantitative estimate of drug-likeness (QED) is 0.636. The van der Waals surface area contributed by atoms with E-state index in [0.717, 1.165) is 5.56 Å². The number of ether oxygens (including phenoxy) is 1. The van der Waals surface area contributed by atoms with Gasteiger partial charge in [-0.05, 0) is 36.3 Å². The number of hydrogen-bond acceptors (Lipinski definition) is 3. The molecule has 0 atom stereocenters. The molecule has 0 bridgehead atoms. The van der Waals surface area contributed by atoms with Crippen molar-refractivity contribution in [1.29, 1.82) is 0 Å². The van der Waals surface area contributed by atoms with Crippen LogP contribution >= 0.6 is 23.2 Å². The number of carbonyl (C=O) groups is 2. The number of halogens is 2. The third-order valence-corrected chi connectivity index (χ3v) is 3.20. The molecule has 0 aromatic heterocycles. The number of nitrogens with zero attached hydrogens (tertiary/aromatic N) is 1. The molecule has 0 heterocycles. The second-order valence-electron chi connectivity index (χ2n) is 4.57. The maximum absolute atomic E-state index is 11.7. The minimum absolute atomic E-state index is 0.225. The van der Waals surface area contributed by atoms with Crippen molar-refractivity contribution >= 4 is 41.3 Å². The predicted molar refractivity (Wildman–Crippen MR) is 88.2 cm³/mol. The lowest BCUT2D eigenvalue weighted by Gasteiger charge is -2.14.